The summed E-state index contributed by atoms with van der Waals surface area (Å²) in [5, 5.41) is 6.24. The molecule has 1 amide bonds. The van der Waals surface area contributed by atoms with Crippen LogP contribution >= 0.6 is 24.0 Å². The molecule has 5 nitrogen and oxygen atoms in total. The summed E-state index contributed by atoms with van der Waals surface area (Å²) in [5.41, 5.74) is 0.392. The van der Waals surface area contributed by atoms with Crippen molar-refractivity contribution >= 4 is 35.8 Å². The number of hydrogen-bond donors (Lipinski definition) is 2. The third kappa shape index (κ3) is 8.22. The van der Waals surface area contributed by atoms with Gasteiger partial charge in [0, 0.05) is 39.6 Å². The van der Waals surface area contributed by atoms with Gasteiger partial charge in [-0.1, -0.05) is 27.2 Å². The number of carbonyl (C=O) groups excluding carboxylic acids is 1. The van der Waals surface area contributed by atoms with Gasteiger partial charge in [0.2, 0.25) is 5.91 Å². The van der Waals surface area contributed by atoms with Gasteiger partial charge in [0.1, 0.15) is 0 Å². The van der Waals surface area contributed by atoms with Gasteiger partial charge in [0.15, 0.2) is 5.96 Å². The highest BCUT2D eigenvalue weighted by Gasteiger charge is 2.31. The van der Waals surface area contributed by atoms with Gasteiger partial charge in [-0.25, -0.2) is 0 Å². The van der Waals surface area contributed by atoms with E-state index in [4.69, 9.17) is 0 Å². The number of amides is 1. The monoisotopic (exact) mass is 438 g/mol. The van der Waals surface area contributed by atoms with Crippen LogP contribution in [0.15, 0.2) is 4.99 Å². The van der Waals surface area contributed by atoms with Crippen LogP contribution in [0, 0.1) is 5.41 Å². The Hall–Kier alpha value is -0.530. The standard InChI is InChI=1S/C17H34N4O.HI/c1-5-9-17(3)10-7-13-21(14-17)16(18-4)20-12-8-15(22)19-11-6-2;/h5-14H2,1-4H3,(H,18,20)(H,19,22);1H. The minimum Gasteiger partial charge on any atom is -0.356 e. The molecular weight excluding hydrogens is 403 g/mol. The molecule has 1 fully saturated rings. The second-order valence-electron chi connectivity index (χ2n) is 6.66. The predicted molar refractivity (Wildman–Crippen MR) is 109 cm³/mol. The van der Waals surface area contributed by atoms with Crippen LogP contribution in [0.1, 0.15) is 59.3 Å². The summed E-state index contributed by atoms with van der Waals surface area (Å²) in [6.07, 6.45) is 6.49. The Balaban J connectivity index is 0.00000484. The van der Waals surface area contributed by atoms with E-state index in [1.165, 1.54) is 25.7 Å². The Kier molecular flexibility index (Phi) is 11.6. The summed E-state index contributed by atoms with van der Waals surface area (Å²) in [5.74, 6) is 1.05. The molecule has 0 saturated carbocycles. The maximum absolute atomic E-state index is 11.6. The summed E-state index contributed by atoms with van der Waals surface area (Å²) in [4.78, 5) is 18.4. The van der Waals surface area contributed by atoms with E-state index >= 15 is 0 Å². The highest BCUT2D eigenvalue weighted by Crippen LogP contribution is 2.33. The third-order valence-corrected chi connectivity index (χ3v) is 4.35. The van der Waals surface area contributed by atoms with Crippen molar-refractivity contribution in [2.75, 3.05) is 33.2 Å². The molecule has 6 heteroatoms. The van der Waals surface area contributed by atoms with Crippen molar-refractivity contribution in [3.8, 4) is 0 Å². The molecule has 0 aliphatic carbocycles. The lowest BCUT2D eigenvalue weighted by Crippen LogP contribution is -2.50. The minimum atomic E-state index is 0. The molecule has 0 aromatic heterocycles. The lowest BCUT2D eigenvalue weighted by Gasteiger charge is -2.42. The van der Waals surface area contributed by atoms with E-state index in [1.807, 2.05) is 7.05 Å². The molecule has 1 saturated heterocycles. The normalized spacial score (nSPS) is 21.6. The maximum atomic E-state index is 11.6. The first-order valence-corrected chi connectivity index (χ1v) is 8.77. The van der Waals surface area contributed by atoms with E-state index < -0.39 is 0 Å². The Bertz CT molecular complexity index is 372. The summed E-state index contributed by atoms with van der Waals surface area (Å²) < 4.78 is 0. The number of nitrogens with zero attached hydrogens (tertiary/aromatic N) is 2. The average Bonchev–Trinajstić information content (AvgIpc) is 2.49. The molecule has 23 heavy (non-hydrogen) atoms. The van der Waals surface area contributed by atoms with Crippen LogP contribution in [-0.4, -0.2) is 50.0 Å². The molecular formula is C17H35IN4O. The van der Waals surface area contributed by atoms with E-state index in [1.54, 1.807) is 0 Å². The van der Waals surface area contributed by atoms with Gasteiger partial charge in [-0.3, -0.25) is 9.79 Å². The number of aliphatic imine (C=N–C) groups is 1. The van der Waals surface area contributed by atoms with Crippen molar-refractivity contribution < 1.29 is 4.79 Å². The first kappa shape index (κ1) is 22.5. The number of hydrogen-bond acceptors (Lipinski definition) is 2. The SMILES string of the molecule is CCCNC(=O)CCNC(=NC)N1CCCC(C)(CCC)C1.I. The Morgan fingerprint density at radius 3 is 2.57 bits per heavy atom. The van der Waals surface area contributed by atoms with Crippen molar-refractivity contribution in [1.82, 2.24) is 15.5 Å². The summed E-state index contributed by atoms with van der Waals surface area (Å²) in [6.45, 7) is 10.2. The van der Waals surface area contributed by atoms with Crippen LogP contribution in [-0.2, 0) is 4.79 Å². The maximum Gasteiger partial charge on any atom is 0.221 e. The van der Waals surface area contributed by atoms with Gasteiger partial charge in [-0.2, -0.15) is 0 Å². The molecule has 1 unspecified atom stereocenters. The van der Waals surface area contributed by atoms with Gasteiger partial charge < -0.3 is 15.5 Å². The number of guanidine groups is 1. The summed E-state index contributed by atoms with van der Waals surface area (Å²) in [7, 11) is 1.82. The molecule has 1 aliphatic rings. The number of nitrogens with one attached hydrogen (secondary N) is 2. The van der Waals surface area contributed by atoms with Crippen molar-refractivity contribution in [2.24, 2.45) is 10.4 Å². The lowest BCUT2D eigenvalue weighted by molar-refractivity contribution is -0.120. The highest BCUT2D eigenvalue weighted by molar-refractivity contribution is 14.0. The van der Waals surface area contributed by atoms with Gasteiger partial charge in [-0.05, 0) is 31.1 Å². The van der Waals surface area contributed by atoms with E-state index in [-0.39, 0.29) is 29.9 Å². The molecule has 1 atom stereocenters. The Morgan fingerprint density at radius 2 is 1.96 bits per heavy atom. The van der Waals surface area contributed by atoms with Crippen molar-refractivity contribution in [2.45, 2.75) is 59.3 Å². The van der Waals surface area contributed by atoms with Gasteiger partial charge in [0.25, 0.3) is 0 Å². The Labute approximate surface area is 159 Å². The van der Waals surface area contributed by atoms with Crippen molar-refractivity contribution in [3.05, 3.63) is 0 Å². The molecule has 1 rings (SSSR count). The van der Waals surface area contributed by atoms with Crippen LogP contribution in [0.3, 0.4) is 0 Å². The van der Waals surface area contributed by atoms with Crippen LogP contribution in [0.2, 0.25) is 0 Å². The zero-order chi connectivity index (χ0) is 16.4. The topological polar surface area (TPSA) is 56.7 Å². The van der Waals surface area contributed by atoms with Crippen LogP contribution in [0.5, 0.6) is 0 Å². The number of piperidine rings is 1. The van der Waals surface area contributed by atoms with Gasteiger partial charge in [-0.15, -0.1) is 24.0 Å². The molecule has 2 N–H and O–H groups in total. The molecule has 1 aliphatic heterocycles. The van der Waals surface area contributed by atoms with Crippen molar-refractivity contribution in [1.29, 1.82) is 0 Å². The van der Waals surface area contributed by atoms with Crippen molar-refractivity contribution in [3.63, 3.8) is 0 Å². The molecule has 0 bridgehead atoms. The largest absolute Gasteiger partial charge is 0.356 e. The molecule has 0 aromatic rings. The molecule has 0 spiro atoms. The highest BCUT2D eigenvalue weighted by atomic mass is 127. The smallest absolute Gasteiger partial charge is 0.221 e. The van der Waals surface area contributed by atoms with E-state index in [2.05, 4.69) is 41.3 Å². The zero-order valence-electron chi connectivity index (χ0n) is 15.3. The van der Waals surface area contributed by atoms with E-state index in [0.717, 1.165) is 32.0 Å². The van der Waals surface area contributed by atoms with E-state index in [0.29, 0.717) is 18.4 Å². The second-order valence-corrected chi connectivity index (χ2v) is 6.66. The fourth-order valence-corrected chi connectivity index (χ4v) is 3.28. The molecule has 0 aromatic carbocycles. The first-order chi connectivity index (χ1) is 10.5. The molecule has 0 radical (unpaired) electrons. The minimum absolute atomic E-state index is 0. The van der Waals surface area contributed by atoms with Crippen LogP contribution < -0.4 is 10.6 Å². The summed E-state index contributed by atoms with van der Waals surface area (Å²) in [6, 6.07) is 0. The molecule has 1 heterocycles. The molecule has 136 valence electrons. The average molecular weight is 438 g/mol. The van der Waals surface area contributed by atoms with Gasteiger partial charge in [0.05, 0.1) is 0 Å². The number of rotatable bonds is 7. The fourth-order valence-electron chi connectivity index (χ4n) is 3.28. The Morgan fingerprint density at radius 1 is 1.22 bits per heavy atom. The number of likely N-dealkylation sites (tertiary alicyclic amines) is 1. The number of halogens is 1. The predicted octanol–water partition coefficient (Wildman–Crippen LogP) is 3.00. The zero-order valence-corrected chi connectivity index (χ0v) is 17.6. The second kappa shape index (κ2) is 11.9. The quantitative estimate of drug-likeness (QED) is 0.365. The summed E-state index contributed by atoms with van der Waals surface area (Å²) >= 11 is 0. The first-order valence-electron chi connectivity index (χ1n) is 8.77. The third-order valence-electron chi connectivity index (χ3n) is 4.35. The lowest BCUT2D eigenvalue weighted by atomic mass is 9.78. The fraction of sp³-hybridized carbons (Fsp3) is 0.882. The van der Waals surface area contributed by atoms with E-state index in [9.17, 15) is 4.79 Å². The van der Waals surface area contributed by atoms with Crippen LogP contribution in [0.25, 0.3) is 0 Å². The van der Waals surface area contributed by atoms with Gasteiger partial charge >= 0.3 is 0 Å². The number of carbonyl (C=O) groups is 1. The van der Waals surface area contributed by atoms with Crippen LogP contribution in [0.4, 0.5) is 0 Å².